The summed E-state index contributed by atoms with van der Waals surface area (Å²) in [5, 5.41) is 5.14. The molecule has 3 nitrogen and oxygen atoms in total. The molecule has 0 amide bonds. The Bertz CT molecular complexity index is 592. The molecule has 2 aromatic rings. The monoisotopic (exact) mass is 295 g/mol. The Morgan fingerprint density at radius 1 is 1.30 bits per heavy atom. The van der Waals surface area contributed by atoms with E-state index in [2.05, 4.69) is 5.10 Å². The van der Waals surface area contributed by atoms with Crippen molar-refractivity contribution in [2.24, 2.45) is 5.73 Å². The van der Waals surface area contributed by atoms with Gasteiger partial charge in [-0.05, 0) is 38.0 Å². The second-order valence-corrected chi connectivity index (χ2v) is 5.38. The van der Waals surface area contributed by atoms with Crippen LogP contribution in [-0.2, 0) is 0 Å². The maximum Gasteiger partial charge on any atom is 0.123 e. The van der Waals surface area contributed by atoms with Crippen LogP contribution in [0.1, 0.15) is 36.3 Å². The first-order chi connectivity index (χ1) is 9.45. The molecule has 2 atom stereocenters. The maximum atomic E-state index is 13.1. The second kappa shape index (κ2) is 5.94. The normalized spacial score (nSPS) is 14.3. The highest BCUT2D eigenvalue weighted by molar-refractivity contribution is 6.31. The van der Waals surface area contributed by atoms with E-state index in [1.54, 1.807) is 12.1 Å². The molecular formula is C15H19ClFN3. The lowest BCUT2D eigenvalue weighted by Crippen LogP contribution is -2.33. The highest BCUT2D eigenvalue weighted by atomic mass is 35.5. The first kappa shape index (κ1) is 15.0. The lowest BCUT2D eigenvalue weighted by Gasteiger charge is -2.25. The minimum atomic E-state index is -0.260. The third-order valence-electron chi connectivity index (χ3n) is 3.59. The molecule has 2 N–H and O–H groups in total. The number of aromatic nitrogens is 2. The summed E-state index contributed by atoms with van der Waals surface area (Å²) in [5.74, 6) is -0.260. The Hall–Kier alpha value is -1.39. The molecule has 0 saturated heterocycles. The molecule has 0 radical (unpaired) electrons. The summed E-state index contributed by atoms with van der Waals surface area (Å²) >= 11 is 6.22. The summed E-state index contributed by atoms with van der Waals surface area (Å²) in [6.07, 6.45) is 0.790. The number of rotatable bonds is 4. The Kier molecular flexibility index (Phi) is 4.45. The lowest BCUT2D eigenvalue weighted by molar-refractivity contribution is 0.415. The van der Waals surface area contributed by atoms with Gasteiger partial charge in [0, 0.05) is 6.04 Å². The third kappa shape index (κ3) is 2.72. The zero-order valence-corrected chi connectivity index (χ0v) is 12.7. The van der Waals surface area contributed by atoms with E-state index in [1.807, 2.05) is 25.5 Å². The molecule has 0 spiro atoms. The SMILES string of the molecule is CCC(N)C(c1ccc(F)cc1)n1nc(C)c(Cl)c1C. The number of hydrogen-bond donors (Lipinski definition) is 1. The molecule has 0 fully saturated rings. The minimum absolute atomic E-state index is 0.116. The summed E-state index contributed by atoms with van der Waals surface area (Å²) < 4.78 is 15.0. The predicted octanol–water partition coefficient (Wildman–Crippen LogP) is 3.62. The van der Waals surface area contributed by atoms with Crippen molar-refractivity contribution in [3.05, 3.63) is 52.1 Å². The van der Waals surface area contributed by atoms with Crippen LogP contribution in [0.15, 0.2) is 24.3 Å². The quantitative estimate of drug-likeness (QED) is 0.936. The summed E-state index contributed by atoms with van der Waals surface area (Å²) in [4.78, 5) is 0. The van der Waals surface area contributed by atoms with Gasteiger partial charge in [0.2, 0.25) is 0 Å². The van der Waals surface area contributed by atoms with Crippen molar-refractivity contribution in [1.29, 1.82) is 0 Å². The Labute approximate surface area is 123 Å². The van der Waals surface area contributed by atoms with Crippen molar-refractivity contribution in [1.82, 2.24) is 9.78 Å². The van der Waals surface area contributed by atoms with E-state index >= 15 is 0 Å². The largest absolute Gasteiger partial charge is 0.326 e. The van der Waals surface area contributed by atoms with Crippen LogP contribution in [0, 0.1) is 19.7 Å². The minimum Gasteiger partial charge on any atom is -0.326 e. The smallest absolute Gasteiger partial charge is 0.123 e. The Balaban J connectivity index is 2.52. The number of nitrogens with zero attached hydrogens (tertiary/aromatic N) is 2. The van der Waals surface area contributed by atoms with Gasteiger partial charge in [0.15, 0.2) is 0 Å². The predicted molar refractivity (Wildman–Crippen MR) is 79.5 cm³/mol. The highest BCUT2D eigenvalue weighted by Crippen LogP contribution is 2.28. The van der Waals surface area contributed by atoms with Gasteiger partial charge in [-0.25, -0.2) is 4.39 Å². The van der Waals surface area contributed by atoms with Crippen molar-refractivity contribution >= 4 is 11.6 Å². The molecule has 1 aromatic heterocycles. The molecule has 0 aliphatic carbocycles. The van der Waals surface area contributed by atoms with Crippen molar-refractivity contribution in [2.45, 2.75) is 39.3 Å². The van der Waals surface area contributed by atoms with E-state index in [4.69, 9.17) is 17.3 Å². The molecular weight excluding hydrogens is 277 g/mol. The van der Waals surface area contributed by atoms with Gasteiger partial charge in [-0.15, -0.1) is 0 Å². The zero-order chi connectivity index (χ0) is 14.9. The van der Waals surface area contributed by atoms with E-state index in [-0.39, 0.29) is 17.9 Å². The molecule has 5 heteroatoms. The van der Waals surface area contributed by atoms with Gasteiger partial charge < -0.3 is 5.73 Å². The molecule has 0 saturated carbocycles. The van der Waals surface area contributed by atoms with Crippen molar-refractivity contribution in [3.63, 3.8) is 0 Å². The van der Waals surface area contributed by atoms with Gasteiger partial charge in [-0.1, -0.05) is 30.7 Å². The average Bonchev–Trinajstić information content (AvgIpc) is 2.69. The first-order valence-corrected chi connectivity index (χ1v) is 7.05. The molecule has 1 heterocycles. The molecule has 0 bridgehead atoms. The van der Waals surface area contributed by atoms with Crippen LogP contribution in [0.2, 0.25) is 5.02 Å². The van der Waals surface area contributed by atoms with E-state index in [0.717, 1.165) is 23.4 Å². The molecule has 1 aromatic carbocycles. The fourth-order valence-electron chi connectivity index (χ4n) is 2.37. The number of hydrogen-bond acceptors (Lipinski definition) is 2. The molecule has 2 unspecified atom stereocenters. The molecule has 20 heavy (non-hydrogen) atoms. The first-order valence-electron chi connectivity index (χ1n) is 6.68. The standard InChI is InChI=1S/C15H19ClFN3/c1-4-13(18)15(11-5-7-12(17)8-6-11)20-10(3)14(16)9(2)19-20/h5-8,13,15H,4,18H2,1-3H3. The number of nitrogens with two attached hydrogens (primary N) is 1. The van der Waals surface area contributed by atoms with Gasteiger partial charge in [0.25, 0.3) is 0 Å². The van der Waals surface area contributed by atoms with Crippen LogP contribution in [0.5, 0.6) is 0 Å². The fraction of sp³-hybridized carbons (Fsp3) is 0.400. The van der Waals surface area contributed by atoms with Crippen LogP contribution in [0.25, 0.3) is 0 Å². The van der Waals surface area contributed by atoms with Crippen LogP contribution >= 0.6 is 11.6 Å². The van der Waals surface area contributed by atoms with Crippen LogP contribution in [0.3, 0.4) is 0 Å². The second-order valence-electron chi connectivity index (χ2n) is 5.00. The van der Waals surface area contributed by atoms with Gasteiger partial charge in [0.05, 0.1) is 22.5 Å². The summed E-state index contributed by atoms with van der Waals surface area (Å²) in [6.45, 7) is 5.81. The molecule has 2 rings (SSSR count). The Morgan fingerprint density at radius 3 is 2.35 bits per heavy atom. The molecule has 0 aliphatic rings. The molecule has 0 aliphatic heterocycles. The van der Waals surface area contributed by atoms with E-state index in [1.165, 1.54) is 12.1 Å². The number of aryl methyl sites for hydroxylation is 1. The Morgan fingerprint density at radius 2 is 1.90 bits per heavy atom. The van der Waals surface area contributed by atoms with E-state index in [9.17, 15) is 4.39 Å². The van der Waals surface area contributed by atoms with Crippen LogP contribution < -0.4 is 5.73 Å². The number of halogens is 2. The summed E-state index contributed by atoms with van der Waals surface area (Å²) in [6, 6.07) is 6.12. The lowest BCUT2D eigenvalue weighted by atomic mass is 9.98. The van der Waals surface area contributed by atoms with Crippen LogP contribution in [-0.4, -0.2) is 15.8 Å². The molecule has 108 valence electrons. The highest BCUT2D eigenvalue weighted by Gasteiger charge is 2.24. The summed E-state index contributed by atoms with van der Waals surface area (Å²) in [7, 11) is 0. The fourth-order valence-corrected chi connectivity index (χ4v) is 2.49. The van der Waals surface area contributed by atoms with Gasteiger partial charge in [-0.3, -0.25) is 4.68 Å². The van der Waals surface area contributed by atoms with Gasteiger partial charge in [-0.2, -0.15) is 5.10 Å². The topological polar surface area (TPSA) is 43.8 Å². The van der Waals surface area contributed by atoms with Crippen molar-refractivity contribution < 1.29 is 4.39 Å². The zero-order valence-electron chi connectivity index (χ0n) is 11.9. The van der Waals surface area contributed by atoms with Gasteiger partial charge >= 0.3 is 0 Å². The number of benzene rings is 1. The third-order valence-corrected chi connectivity index (χ3v) is 4.14. The van der Waals surface area contributed by atoms with E-state index in [0.29, 0.717) is 5.02 Å². The van der Waals surface area contributed by atoms with E-state index < -0.39 is 0 Å². The van der Waals surface area contributed by atoms with Crippen molar-refractivity contribution in [2.75, 3.05) is 0 Å². The van der Waals surface area contributed by atoms with Gasteiger partial charge in [0.1, 0.15) is 5.82 Å². The van der Waals surface area contributed by atoms with Crippen molar-refractivity contribution in [3.8, 4) is 0 Å². The van der Waals surface area contributed by atoms with Crippen LogP contribution in [0.4, 0.5) is 4.39 Å². The maximum absolute atomic E-state index is 13.1. The summed E-state index contributed by atoms with van der Waals surface area (Å²) in [5.41, 5.74) is 8.84. The average molecular weight is 296 g/mol.